The van der Waals surface area contributed by atoms with E-state index >= 15 is 0 Å². The topological polar surface area (TPSA) is 75.7 Å². The molecule has 5 rings (SSSR count). The number of carbonyl (C=O) groups is 3. The molecule has 0 aromatic heterocycles. The first-order valence-electron chi connectivity index (χ1n) is 11.6. The second-order valence-corrected chi connectivity index (χ2v) is 10.2. The SMILES string of the molecule is O=C(COc1ccc(/C=C2\SC(=O)N(Cc3cccc4ccccc34)C2=O)cc1Cl)Nc1ccccc1Cl. The van der Waals surface area contributed by atoms with Gasteiger partial charge >= 0.3 is 0 Å². The molecule has 4 aromatic carbocycles. The average molecular weight is 563 g/mol. The van der Waals surface area contributed by atoms with Gasteiger partial charge in [-0.3, -0.25) is 19.3 Å². The number of carbonyl (C=O) groups excluding carboxylic acids is 3. The zero-order valence-corrected chi connectivity index (χ0v) is 22.1. The minimum absolute atomic E-state index is 0.188. The van der Waals surface area contributed by atoms with E-state index in [1.807, 2.05) is 42.5 Å². The van der Waals surface area contributed by atoms with Crippen LogP contribution in [-0.2, 0) is 16.1 Å². The van der Waals surface area contributed by atoms with Gasteiger partial charge in [0.05, 0.1) is 27.2 Å². The van der Waals surface area contributed by atoms with Crippen LogP contribution in [0.25, 0.3) is 16.8 Å². The lowest BCUT2D eigenvalue weighted by molar-refractivity contribution is -0.123. The van der Waals surface area contributed by atoms with Gasteiger partial charge in [-0.05, 0) is 64.0 Å². The molecule has 0 bridgehead atoms. The predicted octanol–water partition coefficient (Wildman–Crippen LogP) is 7.40. The number of amides is 3. The van der Waals surface area contributed by atoms with Crippen LogP contribution in [0.5, 0.6) is 5.75 Å². The monoisotopic (exact) mass is 562 g/mol. The molecule has 1 fully saturated rings. The zero-order valence-electron chi connectivity index (χ0n) is 19.8. The molecule has 190 valence electrons. The summed E-state index contributed by atoms with van der Waals surface area (Å²) < 4.78 is 5.55. The largest absolute Gasteiger partial charge is 0.482 e. The van der Waals surface area contributed by atoms with Gasteiger partial charge in [-0.15, -0.1) is 0 Å². The number of halogens is 2. The fraction of sp³-hybridized carbons (Fsp3) is 0.0690. The summed E-state index contributed by atoms with van der Waals surface area (Å²) in [6, 6.07) is 25.5. The molecule has 0 aliphatic carbocycles. The van der Waals surface area contributed by atoms with Crippen molar-refractivity contribution in [3.05, 3.63) is 111 Å². The minimum atomic E-state index is -0.391. The second kappa shape index (κ2) is 11.3. The van der Waals surface area contributed by atoms with Crippen LogP contribution >= 0.6 is 35.0 Å². The number of hydrogen-bond acceptors (Lipinski definition) is 5. The van der Waals surface area contributed by atoms with Gasteiger partial charge in [0, 0.05) is 0 Å². The molecule has 0 saturated carbocycles. The van der Waals surface area contributed by atoms with Crippen molar-refractivity contribution in [2.45, 2.75) is 6.54 Å². The normalized spacial score (nSPS) is 14.4. The highest BCUT2D eigenvalue weighted by Crippen LogP contribution is 2.35. The summed E-state index contributed by atoms with van der Waals surface area (Å²) in [4.78, 5) is 39.5. The number of imide groups is 1. The molecule has 1 aliphatic heterocycles. The molecule has 1 N–H and O–H groups in total. The Hall–Kier alpha value is -3.78. The summed E-state index contributed by atoms with van der Waals surface area (Å²) >= 11 is 13.3. The summed E-state index contributed by atoms with van der Waals surface area (Å²) in [6.07, 6.45) is 1.62. The van der Waals surface area contributed by atoms with E-state index < -0.39 is 5.91 Å². The first-order valence-corrected chi connectivity index (χ1v) is 13.1. The Kier molecular flexibility index (Phi) is 7.69. The molecule has 1 aliphatic rings. The van der Waals surface area contributed by atoms with Crippen LogP contribution < -0.4 is 10.1 Å². The number of ether oxygens (including phenoxy) is 1. The van der Waals surface area contributed by atoms with Gasteiger partial charge in [0.1, 0.15) is 5.75 Å². The van der Waals surface area contributed by atoms with Crippen molar-refractivity contribution in [3.63, 3.8) is 0 Å². The molecule has 1 heterocycles. The fourth-order valence-electron chi connectivity index (χ4n) is 4.00. The van der Waals surface area contributed by atoms with Crippen molar-refractivity contribution < 1.29 is 19.1 Å². The molecular formula is C29H20Cl2N2O4S. The number of hydrogen-bond donors (Lipinski definition) is 1. The smallest absolute Gasteiger partial charge is 0.293 e. The van der Waals surface area contributed by atoms with Crippen molar-refractivity contribution in [1.82, 2.24) is 4.90 Å². The molecule has 0 unspecified atom stereocenters. The van der Waals surface area contributed by atoms with Crippen LogP contribution in [0.1, 0.15) is 11.1 Å². The zero-order chi connectivity index (χ0) is 26.6. The second-order valence-electron chi connectivity index (χ2n) is 8.41. The first-order chi connectivity index (χ1) is 18.4. The Morgan fingerprint density at radius 1 is 0.921 bits per heavy atom. The Bertz CT molecular complexity index is 1600. The van der Waals surface area contributed by atoms with Gasteiger partial charge < -0.3 is 10.1 Å². The molecule has 3 amide bonds. The molecule has 6 nitrogen and oxygen atoms in total. The number of thioether (sulfide) groups is 1. The van der Waals surface area contributed by atoms with Crippen molar-refractivity contribution in [1.29, 1.82) is 0 Å². The van der Waals surface area contributed by atoms with E-state index in [0.29, 0.717) is 26.9 Å². The van der Waals surface area contributed by atoms with E-state index in [4.69, 9.17) is 27.9 Å². The van der Waals surface area contributed by atoms with Crippen molar-refractivity contribution in [2.24, 2.45) is 0 Å². The summed E-state index contributed by atoms with van der Waals surface area (Å²) in [6.45, 7) is -0.0789. The summed E-state index contributed by atoms with van der Waals surface area (Å²) in [5.74, 6) is -0.444. The third-order valence-corrected chi connectivity index (χ3v) is 7.37. The maximum Gasteiger partial charge on any atom is 0.293 e. The third-order valence-electron chi connectivity index (χ3n) is 5.84. The molecule has 4 aromatic rings. The Labute approximate surface area is 233 Å². The van der Waals surface area contributed by atoms with Crippen molar-refractivity contribution in [3.8, 4) is 5.75 Å². The van der Waals surface area contributed by atoms with Crippen molar-refractivity contribution in [2.75, 3.05) is 11.9 Å². The number of nitrogens with zero attached hydrogens (tertiary/aromatic N) is 1. The van der Waals surface area contributed by atoms with E-state index in [1.54, 1.807) is 48.5 Å². The standard InChI is InChI=1S/C29H20Cl2N2O4S/c30-22-10-3-4-11-24(22)32-27(34)17-37-25-13-12-18(14-23(25)31)15-26-28(35)33(29(36)38-26)16-20-8-5-7-19-6-1-2-9-21(19)20/h1-15H,16-17H2,(H,32,34)/b26-15-. The number of rotatable bonds is 7. The quantitative estimate of drug-likeness (QED) is 0.237. The lowest BCUT2D eigenvalue weighted by atomic mass is 10.0. The Morgan fingerprint density at radius 2 is 1.68 bits per heavy atom. The van der Waals surface area contributed by atoms with Crippen LogP contribution in [0.4, 0.5) is 10.5 Å². The first kappa shape index (κ1) is 25.9. The molecule has 1 saturated heterocycles. The molecule has 9 heteroatoms. The van der Waals surface area contributed by atoms with E-state index in [-0.39, 0.29) is 29.3 Å². The molecular weight excluding hydrogens is 543 g/mol. The van der Waals surface area contributed by atoms with E-state index in [1.165, 1.54) is 4.90 Å². The lowest BCUT2D eigenvalue weighted by Crippen LogP contribution is -2.27. The van der Waals surface area contributed by atoms with E-state index in [0.717, 1.165) is 28.1 Å². The van der Waals surface area contributed by atoms with Crippen LogP contribution in [0, 0.1) is 0 Å². The number of benzene rings is 4. The van der Waals surface area contributed by atoms with Crippen LogP contribution in [-0.4, -0.2) is 28.6 Å². The van der Waals surface area contributed by atoms with Gasteiger partial charge in [-0.1, -0.05) is 83.9 Å². The summed E-state index contributed by atoms with van der Waals surface area (Å²) in [7, 11) is 0. The molecule has 0 radical (unpaired) electrons. The van der Waals surface area contributed by atoms with Gasteiger partial charge in [-0.25, -0.2) is 0 Å². The highest BCUT2D eigenvalue weighted by molar-refractivity contribution is 8.18. The highest BCUT2D eigenvalue weighted by Gasteiger charge is 2.35. The van der Waals surface area contributed by atoms with Crippen LogP contribution in [0.15, 0.2) is 89.8 Å². The number of nitrogens with one attached hydrogen (secondary N) is 1. The van der Waals surface area contributed by atoms with Gasteiger partial charge in [0.25, 0.3) is 17.1 Å². The van der Waals surface area contributed by atoms with E-state index in [9.17, 15) is 14.4 Å². The Morgan fingerprint density at radius 3 is 2.50 bits per heavy atom. The van der Waals surface area contributed by atoms with Gasteiger partial charge in [-0.2, -0.15) is 0 Å². The Balaban J connectivity index is 1.25. The third kappa shape index (κ3) is 5.70. The minimum Gasteiger partial charge on any atom is -0.482 e. The number of anilines is 1. The van der Waals surface area contributed by atoms with E-state index in [2.05, 4.69) is 5.32 Å². The lowest BCUT2D eigenvalue weighted by Gasteiger charge is -2.14. The van der Waals surface area contributed by atoms with Crippen LogP contribution in [0.2, 0.25) is 10.0 Å². The fourth-order valence-corrected chi connectivity index (χ4v) is 5.27. The summed E-state index contributed by atoms with van der Waals surface area (Å²) in [5, 5.41) is 5.08. The van der Waals surface area contributed by atoms with Crippen molar-refractivity contribution >= 4 is 74.6 Å². The number of fused-ring (bicyclic) bond motifs is 1. The average Bonchev–Trinajstić information content (AvgIpc) is 3.17. The van der Waals surface area contributed by atoms with Gasteiger partial charge in [0.15, 0.2) is 6.61 Å². The highest BCUT2D eigenvalue weighted by atomic mass is 35.5. The molecule has 38 heavy (non-hydrogen) atoms. The molecule has 0 atom stereocenters. The number of para-hydroxylation sites is 1. The van der Waals surface area contributed by atoms with Gasteiger partial charge in [0.2, 0.25) is 0 Å². The maximum absolute atomic E-state index is 13.1. The maximum atomic E-state index is 13.1. The van der Waals surface area contributed by atoms with Crippen LogP contribution in [0.3, 0.4) is 0 Å². The predicted molar refractivity (Wildman–Crippen MR) is 152 cm³/mol. The molecule has 0 spiro atoms. The summed E-state index contributed by atoms with van der Waals surface area (Å²) in [5.41, 5.74) is 2.01.